The van der Waals surface area contributed by atoms with Crippen LogP contribution in [0.4, 0.5) is 15.9 Å². The van der Waals surface area contributed by atoms with Crippen molar-refractivity contribution in [3.8, 4) is 0 Å². The van der Waals surface area contributed by atoms with Crippen molar-refractivity contribution >= 4 is 34.7 Å². The number of anilines is 2. The van der Waals surface area contributed by atoms with Crippen molar-refractivity contribution in [1.29, 1.82) is 0 Å². The van der Waals surface area contributed by atoms with Gasteiger partial charge in [-0.3, -0.25) is 0 Å². The van der Waals surface area contributed by atoms with E-state index in [9.17, 15) is 4.39 Å². The number of nitrogens with zero attached hydrogens (tertiary/aromatic N) is 2. The van der Waals surface area contributed by atoms with E-state index in [1.807, 2.05) is 7.05 Å². The molecule has 0 bridgehead atoms. The molecule has 2 nitrogen and oxygen atoms in total. The molecule has 94 valence electrons. The van der Waals surface area contributed by atoms with Gasteiger partial charge in [0.05, 0.1) is 5.02 Å². The molecule has 0 unspecified atom stereocenters. The minimum atomic E-state index is -0.274. The van der Waals surface area contributed by atoms with E-state index in [1.165, 1.54) is 12.1 Å². The standard InChI is InChI=1S/C13H11Cl2FN2/c1-18(11-4-2-10(16)3-5-11)13-12(15)6-9(7-14)8-17-13/h2-6,8H,7H2,1H3. The Hall–Kier alpha value is -1.32. The lowest BCUT2D eigenvalue weighted by Gasteiger charge is -2.19. The third-order valence-electron chi connectivity index (χ3n) is 2.56. The largest absolute Gasteiger partial charge is 0.328 e. The first-order valence-electron chi connectivity index (χ1n) is 5.31. The quantitative estimate of drug-likeness (QED) is 0.778. The highest BCUT2D eigenvalue weighted by Crippen LogP contribution is 2.29. The second-order valence-electron chi connectivity index (χ2n) is 3.82. The SMILES string of the molecule is CN(c1ccc(F)cc1)c1ncc(CCl)cc1Cl. The summed E-state index contributed by atoms with van der Waals surface area (Å²) < 4.78 is 12.9. The van der Waals surface area contributed by atoms with E-state index in [1.54, 1.807) is 29.3 Å². The highest BCUT2D eigenvalue weighted by Gasteiger charge is 2.10. The molecule has 0 fully saturated rings. The molecule has 0 aliphatic carbocycles. The van der Waals surface area contributed by atoms with E-state index in [0.717, 1.165) is 11.3 Å². The molecule has 0 radical (unpaired) electrons. The van der Waals surface area contributed by atoms with Gasteiger partial charge in [-0.2, -0.15) is 0 Å². The number of hydrogen-bond donors (Lipinski definition) is 0. The van der Waals surface area contributed by atoms with Gasteiger partial charge in [-0.1, -0.05) is 11.6 Å². The molecule has 0 N–H and O–H groups in total. The van der Waals surface area contributed by atoms with E-state index < -0.39 is 0 Å². The smallest absolute Gasteiger partial charge is 0.151 e. The molecule has 0 aliphatic rings. The van der Waals surface area contributed by atoms with Crippen LogP contribution in [0.5, 0.6) is 0 Å². The first-order valence-corrected chi connectivity index (χ1v) is 6.22. The van der Waals surface area contributed by atoms with Crippen LogP contribution in [0.2, 0.25) is 5.02 Å². The number of alkyl halides is 1. The lowest BCUT2D eigenvalue weighted by atomic mass is 10.2. The van der Waals surface area contributed by atoms with Gasteiger partial charge >= 0.3 is 0 Å². The molecule has 5 heteroatoms. The van der Waals surface area contributed by atoms with Crippen molar-refractivity contribution in [2.24, 2.45) is 0 Å². The van der Waals surface area contributed by atoms with Gasteiger partial charge in [0.1, 0.15) is 5.82 Å². The minimum absolute atomic E-state index is 0.274. The Morgan fingerprint density at radius 2 is 1.94 bits per heavy atom. The molecular formula is C13H11Cl2FN2. The number of hydrogen-bond acceptors (Lipinski definition) is 2. The third kappa shape index (κ3) is 2.74. The number of halogens is 3. The van der Waals surface area contributed by atoms with Crippen LogP contribution < -0.4 is 4.90 Å². The van der Waals surface area contributed by atoms with Gasteiger partial charge < -0.3 is 4.90 Å². The van der Waals surface area contributed by atoms with Crippen molar-refractivity contribution < 1.29 is 4.39 Å². The van der Waals surface area contributed by atoms with Gasteiger partial charge in [0.15, 0.2) is 5.82 Å². The molecular weight excluding hydrogens is 274 g/mol. The maximum absolute atomic E-state index is 12.9. The van der Waals surface area contributed by atoms with Crippen LogP contribution in [0.15, 0.2) is 36.5 Å². The molecule has 0 atom stereocenters. The van der Waals surface area contributed by atoms with Gasteiger partial charge in [0.2, 0.25) is 0 Å². The second kappa shape index (κ2) is 5.55. The molecule has 0 spiro atoms. The molecule has 1 aromatic heterocycles. The van der Waals surface area contributed by atoms with Crippen molar-refractivity contribution in [1.82, 2.24) is 4.98 Å². The number of pyridine rings is 1. The van der Waals surface area contributed by atoms with Crippen LogP contribution in [0.1, 0.15) is 5.56 Å². The summed E-state index contributed by atoms with van der Waals surface area (Å²) >= 11 is 11.9. The zero-order valence-corrected chi connectivity index (χ0v) is 11.2. The first-order chi connectivity index (χ1) is 8.61. The fourth-order valence-corrected chi connectivity index (χ4v) is 2.04. The van der Waals surface area contributed by atoms with Crippen LogP contribution in [0, 0.1) is 5.82 Å². The average Bonchev–Trinajstić information content (AvgIpc) is 2.38. The lowest BCUT2D eigenvalue weighted by molar-refractivity contribution is 0.628. The summed E-state index contributed by atoms with van der Waals surface area (Å²) in [6.07, 6.45) is 1.67. The summed E-state index contributed by atoms with van der Waals surface area (Å²) in [7, 11) is 1.82. The molecule has 2 aromatic rings. The monoisotopic (exact) mass is 284 g/mol. The normalized spacial score (nSPS) is 10.4. The number of benzene rings is 1. The van der Waals surface area contributed by atoms with Gasteiger partial charge in [-0.25, -0.2) is 9.37 Å². The van der Waals surface area contributed by atoms with Crippen molar-refractivity contribution in [2.75, 3.05) is 11.9 Å². The predicted octanol–water partition coefficient (Wildman–Crippen LogP) is 4.38. The van der Waals surface area contributed by atoms with Gasteiger partial charge in [0, 0.05) is 24.8 Å². The Labute approximate surface area is 115 Å². The Morgan fingerprint density at radius 3 is 2.50 bits per heavy atom. The van der Waals surface area contributed by atoms with Gasteiger partial charge in [0.25, 0.3) is 0 Å². The van der Waals surface area contributed by atoms with Gasteiger partial charge in [-0.05, 0) is 35.9 Å². The summed E-state index contributed by atoms with van der Waals surface area (Å²) in [5, 5.41) is 0.514. The maximum atomic E-state index is 12.9. The maximum Gasteiger partial charge on any atom is 0.151 e. The summed E-state index contributed by atoms with van der Waals surface area (Å²) in [6.45, 7) is 0. The molecule has 18 heavy (non-hydrogen) atoms. The van der Waals surface area contributed by atoms with E-state index in [4.69, 9.17) is 23.2 Å². The van der Waals surface area contributed by atoms with Crippen LogP contribution in [0.25, 0.3) is 0 Å². The molecule has 1 aromatic carbocycles. The van der Waals surface area contributed by atoms with Crippen LogP contribution in [-0.4, -0.2) is 12.0 Å². The summed E-state index contributed by atoms with van der Waals surface area (Å²) in [6, 6.07) is 7.91. The van der Waals surface area contributed by atoms with Crippen LogP contribution >= 0.6 is 23.2 Å². The van der Waals surface area contributed by atoms with E-state index >= 15 is 0 Å². The Morgan fingerprint density at radius 1 is 1.28 bits per heavy atom. The zero-order chi connectivity index (χ0) is 13.1. The number of aromatic nitrogens is 1. The highest BCUT2D eigenvalue weighted by molar-refractivity contribution is 6.33. The van der Waals surface area contributed by atoms with E-state index in [2.05, 4.69) is 4.98 Å². The zero-order valence-electron chi connectivity index (χ0n) is 9.70. The summed E-state index contributed by atoms with van der Waals surface area (Å²) in [5.41, 5.74) is 1.67. The van der Waals surface area contributed by atoms with Crippen molar-refractivity contribution in [3.63, 3.8) is 0 Å². The molecule has 0 amide bonds. The van der Waals surface area contributed by atoms with Gasteiger partial charge in [-0.15, -0.1) is 11.6 Å². The topological polar surface area (TPSA) is 16.1 Å². The lowest BCUT2D eigenvalue weighted by Crippen LogP contribution is -2.11. The fraction of sp³-hybridized carbons (Fsp3) is 0.154. The summed E-state index contributed by atoms with van der Waals surface area (Å²) in [5.74, 6) is 0.702. The average molecular weight is 285 g/mol. The highest BCUT2D eigenvalue weighted by atomic mass is 35.5. The Balaban J connectivity index is 2.33. The third-order valence-corrected chi connectivity index (χ3v) is 3.15. The van der Waals surface area contributed by atoms with Crippen LogP contribution in [0.3, 0.4) is 0 Å². The second-order valence-corrected chi connectivity index (χ2v) is 4.49. The molecule has 0 aliphatic heterocycles. The number of rotatable bonds is 3. The Bertz CT molecular complexity index is 543. The van der Waals surface area contributed by atoms with Crippen LogP contribution in [-0.2, 0) is 5.88 Å². The molecule has 0 saturated heterocycles. The fourth-order valence-electron chi connectivity index (χ4n) is 1.58. The minimum Gasteiger partial charge on any atom is -0.328 e. The molecule has 0 saturated carbocycles. The Kier molecular flexibility index (Phi) is 4.04. The first kappa shape index (κ1) is 13.1. The van der Waals surface area contributed by atoms with E-state index in [-0.39, 0.29) is 5.82 Å². The summed E-state index contributed by atoms with van der Waals surface area (Å²) in [4.78, 5) is 6.06. The predicted molar refractivity (Wildman–Crippen MR) is 73.3 cm³/mol. The van der Waals surface area contributed by atoms with Crippen molar-refractivity contribution in [2.45, 2.75) is 5.88 Å². The van der Waals surface area contributed by atoms with Crippen molar-refractivity contribution in [3.05, 3.63) is 52.9 Å². The molecule has 2 rings (SSSR count). The molecule has 1 heterocycles. The van der Waals surface area contributed by atoms with E-state index in [0.29, 0.717) is 16.7 Å².